The number of amides is 1. The van der Waals surface area contributed by atoms with Gasteiger partial charge in [-0.1, -0.05) is 30.3 Å². The Morgan fingerprint density at radius 1 is 1.17 bits per heavy atom. The molecule has 0 spiro atoms. The van der Waals surface area contributed by atoms with Crippen molar-refractivity contribution < 1.29 is 9.53 Å². The summed E-state index contributed by atoms with van der Waals surface area (Å²) in [6.07, 6.45) is 3.55. The smallest absolute Gasteiger partial charge is 0.227 e. The van der Waals surface area contributed by atoms with Crippen LogP contribution in [0.3, 0.4) is 0 Å². The standard InChI is InChI=1S/C18H24N2O2.ClH/c19-17-14-7-6-13(10-14)16(17)18(21)20-8-9-22-15(11-20)12-4-2-1-3-5-12;/h1-5,13-17H,6-11,19H2;1H. The van der Waals surface area contributed by atoms with Gasteiger partial charge in [0.1, 0.15) is 6.10 Å². The Hall–Kier alpha value is -1.10. The molecule has 1 aliphatic heterocycles. The third-order valence-corrected chi connectivity index (χ3v) is 5.82. The minimum atomic E-state index is -0.00582. The van der Waals surface area contributed by atoms with Crippen molar-refractivity contribution in [3.05, 3.63) is 35.9 Å². The van der Waals surface area contributed by atoms with Crippen molar-refractivity contribution >= 4 is 18.3 Å². The average molecular weight is 337 g/mol. The van der Waals surface area contributed by atoms with Gasteiger partial charge in [0.2, 0.25) is 5.91 Å². The molecule has 2 bridgehead atoms. The summed E-state index contributed by atoms with van der Waals surface area (Å²) in [5.41, 5.74) is 7.49. The first-order valence-corrected chi connectivity index (χ1v) is 8.45. The van der Waals surface area contributed by atoms with E-state index in [1.54, 1.807) is 0 Å². The molecule has 2 saturated carbocycles. The van der Waals surface area contributed by atoms with Gasteiger partial charge in [-0.25, -0.2) is 0 Å². The molecule has 5 atom stereocenters. The zero-order chi connectivity index (χ0) is 15.1. The Balaban J connectivity index is 0.00000156. The van der Waals surface area contributed by atoms with Crippen LogP contribution >= 0.6 is 12.4 Å². The number of ether oxygens (including phenoxy) is 1. The molecule has 0 radical (unpaired) electrons. The van der Waals surface area contributed by atoms with Crippen molar-refractivity contribution in [2.24, 2.45) is 23.5 Å². The monoisotopic (exact) mass is 336 g/mol. The second-order valence-corrected chi connectivity index (χ2v) is 6.99. The van der Waals surface area contributed by atoms with Crippen LogP contribution in [0.1, 0.15) is 30.9 Å². The Morgan fingerprint density at radius 3 is 2.61 bits per heavy atom. The van der Waals surface area contributed by atoms with E-state index in [2.05, 4.69) is 12.1 Å². The zero-order valence-electron chi connectivity index (χ0n) is 13.3. The molecule has 23 heavy (non-hydrogen) atoms. The van der Waals surface area contributed by atoms with Crippen LogP contribution in [0.5, 0.6) is 0 Å². The lowest BCUT2D eigenvalue weighted by Gasteiger charge is -2.37. The summed E-state index contributed by atoms with van der Waals surface area (Å²) in [7, 11) is 0. The second-order valence-electron chi connectivity index (χ2n) is 6.99. The number of carbonyl (C=O) groups is 1. The van der Waals surface area contributed by atoms with Crippen molar-refractivity contribution in [2.75, 3.05) is 19.7 Å². The lowest BCUT2D eigenvalue weighted by atomic mass is 9.84. The maximum Gasteiger partial charge on any atom is 0.227 e. The van der Waals surface area contributed by atoms with Crippen LogP contribution in [-0.4, -0.2) is 36.5 Å². The summed E-state index contributed by atoms with van der Waals surface area (Å²) in [6, 6.07) is 10.3. The van der Waals surface area contributed by atoms with Crippen molar-refractivity contribution in [3.8, 4) is 0 Å². The summed E-state index contributed by atoms with van der Waals surface area (Å²) in [6.45, 7) is 1.97. The summed E-state index contributed by atoms with van der Waals surface area (Å²) in [5.74, 6) is 1.41. The van der Waals surface area contributed by atoms with Crippen molar-refractivity contribution in [1.29, 1.82) is 0 Å². The van der Waals surface area contributed by atoms with Crippen LogP contribution in [0.25, 0.3) is 0 Å². The molecule has 1 heterocycles. The molecular weight excluding hydrogens is 312 g/mol. The first kappa shape index (κ1) is 16.7. The number of fused-ring (bicyclic) bond motifs is 2. The number of hydrogen-bond acceptors (Lipinski definition) is 3. The molecular formula is C18H25ClN2O2. The van der Waals surface area contributed by atoms with E-state index in [0.717, 1.165) is 12.0 Å². The highest BCUT2D eigenvalue weighted by Gasteiger charge is 2.50. The molecule has 4 rings (SSSR count). The van der Waals surface area contributed by atoms with Gasteiger partial charge in [-0.2, -0.15) is 0 Å². The summed E-state index contributed by atoms with van der Waals surface area (Å²) in [5, 5.41) is 0. The zero-order valence-corrected chi connectivity index (χ0v) is 14.1. The maximum atomic E-state index is 13.0. The average Bonchev–Trinajstić information content (AvgIpc) is 3.16. The molecule has 1 saturated heterocycles. The van der Waals surface area contributed by atoms with Crippen LogP contribution in [-0.2, 0) is 9.53 Å². The molecule has 4 nitrogen and oxygen atoms in total. The van der Waals surface area contributed by atoms with Gasteiger partial charge < -0.3 is 15.4 Å². The largest absolute Gasteiger partial charge is 0.370 e. The topological polar surface area (TPSA) is 55.6 Å². The fourth-order valence-corrected chi connectivity index (χ4v) is 4.63. The summed E-state index contributed by atoms with van der Waals surface area (Å²) < 4.78 is 5.87. The van der Waals surface area contributed by atoms with Gasteiger partial charge in [-0.05, 0) is 36.7 Å². The first-order valence-electron chi connectivity index (χ1n) is 8.45. The van der Waals surface area contributed by atoms with Gasteiger partial charge >= 0.3 is 0 Å². The second kappa shape index (κ2) is 6.80. The lowest BCUT2D eigenvalue weighted by molar-refractivity contribution is -0.145. The van der Waals surface area contributed by atoms with Gasteiger partial charge in [-0.15, -0.1) is 12.4 Å². The Labute approximate surface area is 143 Å². The number of rotatable bonds is 2. The highest BCUT2D eigenvalue weighted by atomic mass is 35.5. The van der Waals surface area contributed by atoms with E-state index >= 15 is 0 Å². The normalized spacial score (nSPS) is 35.9. The Bertz CT molecular complexity index is 551. The van der Waals surface area contributed by atoms with Crippen LogP contribution < -0.4 is 5.73 Å². The molecule has 0 aromatic heterocycles. The van der Waals surface area contributed by atoms with E-state index in [4.69, 9.17) is 10.5 Å². The predicted molar refractivity (Wildman–Crippen MR) is 91.3 cm³/mol. The number of benzene rings is 1. The van der Waals surface area contributed by atoms with Crippen LogP contribution in [0.2, 0.25) is 0 Å². The van der Waals surface area contributed by atoms with Gasteiger partial charge in [0.25, 0.3) is 0 Å². The minimum absolute atomic E-state index is 0. The number of carbonyl (C=O) groups excluding carboxylic acids is 1. The number of hydrogen-bond donors (Lipinski definition) is 1. The number of morpholine rings is 1. The summed E-state index contributed by atoms with van der Waals surface area (Å²) >= 11 is 0. The van der Waals surface area contributed by atoms with Gasteiger partial charge in [0.05, 0.1) is 19.1 Å². The Kier molecular flexibility index (Phi) is 4.95. The SMILES string of the molecule is Cl.NC1C2CCC(C2)C1C(=O)N1CCOC(c2ccccc2)C1. The number of nitrogens with two attached hydrogens (primary N) is 1. The van der Waals surface area contributed by atoms with Gasteiger partial charge in [-0.3, -0.25) is 4.79 Å². The van der Waals surface area contributed by atoms with E-state index in [0.29, 0.717) is 31.5 Å². The molecule has 3 aliphatic rings. The highest BCUT2D eigenvalue weighted by Crippen LogP contribution is 2.48. The van der Waals surface area contributed by atoms with Gasteiger partial charge in [0, 0.05) is 12.6 Å². The van der Waals surface area contributed by atoms with E-state index in [-0.39, 0.29) is 36.4 Å². The fourth-order valence-electron chi connectivity index (χ4n) is 4.63. The molecule has 3 fully saturated rings. The molecule has 5 heteroatoms. The Morgan fingerprint density at radius 2 is 1.91 bits per heavy atom. The van der Waals surface area contributed by atoms with Gasteiger partial charge in [0.15, 0.2) is 0 Å². The molecule has 2 aliphatic carbocycles. The molecule has 5 unspecified atom stereocenters. The van der Waals surface area contributed by atoms with Crippen molar-refractivity contribution in [2.45, 2.75) is 31.4 Å². The fraction of sp³-hybridized carbons (Fsp3) is 0.611. The molecule has 2 N–H and O–H groups in total. The molecule has 1 aromatic carbocycles. The molecule has 1 amide bonds. The highest BCUT2D eigenvalue weighted by molar-refractivity contribution is 5.85. The van der Waals surface area contributed by atoms with Crippen molar-refractivity contribution in [1.82, 2.24) is 4.90 Å². The lowest BCUT2D eigenvalue weighted by Crippen LogP contribution is -2.50. The van der Waals surface area contributed by atoms with E-state index in [1.807, 2.05) is 23.1 Å². The number of halogens is 1. The minimum Gasteiger partial charge on any atom is -0.370 e. The summed E-state index contributed by atoms with van der Waals surface area (Å²) in [4.78, 5) is 15.0. The molecule has 126 valence electrons. The van der Waals surface area contributed by atoms with Crippen LogP contribution in [0.15, 0.2) is 30.3 Å². The molecule has 1 aromatic rings. The van der Waals surface area contributed by atoms with E-state index < -0.39 is 0 Å². The quantitative estimate of drug-likeness (QED) is 0.902. The maximum absolute atomic E-state index is 13.0. The van der Waals surface area contributed by atoms with Crippen LogP contribution in [0, 0.1) is 17.8 Å². The first-order chi connectivity index (χ1) is 10.7. The third kappa shape index (κ3) is 3.00. The number of nitrogens with zero attached hydrogens (tertiary/aromatic N) is 1. The predicted octanol–water partition coefficient (Wildman–Crippen LogP) is 2.38. The third-order valence-electron chi connectivity index (χ3n) is 5.82. The van der Waals surface area contributed by atoms with Crippen molar-refractivity contribution in [3.63, 3.8) is 0 Å². The van der Waals surface area contributed by atoms with E-state index in [1.165, 1.54) is 12.8 Å². The van der Waals surface area contributed by atoms with Crippen LogP contribution in [0.4, 0.5) is 0 Å². The van der Waals surface area contributed by atoms with E-state index in [9.17, 15) is 4.79 Å².